The molecule has 2 N–H and O–H groups in total. The maximum Gasteiger partial charge on any atom is 0.219 e. The highest BCUT2D eigenvalue weighted by molar-refractivity contribution is 14.0. The number of hydrogen-bond donors (Lipinski definition) is 2. The summed E-state index contributed by atoms with van der Waals surface area (Å²) in [6.07, 6.45) is 3.99. The zero-order chi connectivity index (χ0) is 17.2. The monoisotopic (exact) mass is 458 g/mol. The molecule has 0 unspecified atom stereocenters. The summed E-state index contributed by atoms with van der Waals surface area (Å²) in [5.41, 5.74) is 1.01. The molecule has 7 heteroatoms. The zero-order valence-corrected chi connectivity index (χ0v) is 16.8. The maximum absolute atomic E-state index is 12.9. The van der Waals surface area contributed by atoms with Gasteiger partial charge in [0.15, 0.2) is 5.96 Å². The molecule has 25 heavy (non-hydrogen) atoms. The minimum atomic E-state index is -0.294. The lowest BCUT2D eigenvalue weighted by molar-refractivity contribution is 0.461. The third kappa shape index (κ3) is 7.68. The van der Waals surface area contributed by atoms with Crippen LogP contribution < -0.4 is 15.4 Å². The van der Waals surface area contributed by atoms with Gasteiger partial charge in [-0.15, -0.1) is 24.0 Å². The number of hydrogen-bond acceptors (Lipinski definition) is 3. The van der Waals surface area contributed by atoms with Gasteiger partial charge in [0.2, 0.25) is 5.88 Å². The van der Waals surface area contributed by atoms with E-state index in [9.17, 15) is 4.39 Å². The van der Waals surface area contributed by atoms with Crippen molar-refractivity contribution in [1.82, 2.24) is 15.6 Å². The predicted octanol–water partition coefficient (Wildman–Crippen LogP) is 4.10. The molecule has 0 fully saturated rings. The molecule has 2 rings (SSSR count). The van der Waals surface area contributed by atoms with E-state index in [2.05, 4.69) is 27.5 Å². The van der Waals surface area contributed by atoms with E-state index < -0.39 is 0 Å². The first-order chi connectivity index (χ1) is 11.7. The normalized spacial score (nSPS) is 10.8. The summed E-state index contributed by atoms with van der Waals surface area (Å²) < 4.78 is 18.4. The van der Waals surface area contributed by atoms with Crippen LogP contribution >= 0.6 is 24.0 Å². The number of unbranched alkanes of at least 4 members (excludes halogenated alkanes) is 1. The number of halogens is 2. The summed E-state index contributed by atoms with van der Waals surface area (Å²) in [6.45, 7) is 3.67. The Labute approximate surface area is 165 Å². The van der Waals surface area contributed by atoms with E-state index >= 15 is 0 Å². The molecule has 0 saturated heterocycles. The molecule has 0 bridgehead atoms. The molecule has 0 aliphatic rings. The number of pyridine rings is 1. The SMILES string of the molecule is CCCCNC(=NC)NCc1ccc(Oc2ccc(F)cc2)nc1.I. The average Bonchev–Trinajstić information content (AvgIpc) is 2.61. The summed E-state index contributed by atoms with van der Waals surface area (Å²) in [4.78, 5) is 8.43. The molecule has 136 valence electrons. The third-order valence-electron chi connectivity index (χ3n) is 3.34. The van der Waals surface area contributed by atoms with E-state index in [1.165, 1.54) is 12.1 Å². The van der Waals surface area contributed by atoms with E-state index in [1.54, 1.807) is 31.4 Å². The van der Waals surface area contributed by atoms with Gasteiger partial charge in [-0.3, -0.25) is 4.99 Å². The number of aliphatic imine (C=N–C) groups is 1. The highest BCUT2D eigenvalue weighted by Crippen LogP contribution is 2.19. The molecule has 5 nitrogen and oxygen atoms in total. The van der Waals surface area contributed by atoms with Gasteiger partial charge in [-0.05, 0) is 36.2 Å². The van der Waals surface area contributed by atoms with Crippen LogP contribution in [0.5, 0.6) is 11.6 Å². The molecule has 0 aliphatic carbocycles. The summed E-state index contributed by atoms with van der Waals surface area (Å²) >= 11 is 0. The third-order valence-corrected chi connectivity index (χ3v) is 3.34. The minimum Gasteiger partial charge on any atom is -0.439 e. The van der Waals surface area contributed by atoms with Crippen LogP contribution in [0, 0.1) is 5.82 Å². The number of benzene rings is 1. The topological polar surface area (TPSA) is 58.5 Å². The van der Waals surface area contributed by atoms with Crippen molar-refractivity contribution in [3.05, 3.63) is 54.0 Å². The number of guanidine groups is 1. The minimum absolute atomic E-state index is 0. The second-order valence-corrected chi connectivity index (χ2v) is 5.27. The Bertz CT molecular complexity index is 647. The molecule has 0 saturated carbocycles. The van der Waals surface area contributed by atoms with Crippen LogP contribution in [0.15, 0.2) is 47.6 Å². The van der Waals surface area contributed by atoms with Gasteiger partial charge in [-0.25, -0.2) is 9.37 Å². The highest BCUT2D eigenvalue weighted by atomic mass is 127. The van der Waals surface area contributed by atoms with Crippen molar-refractivity contribution >= 4 is 29.9 Å². The molecular formula is C18H24FIN4O. The van der Waals surface area contributed by atoms with Crippen LogP contribution in [0.4, 0.5) is 4.39 Å². The second-order valence-electron chi connectivity index (χ2n) is 5.27. The zero-order valence-electron chi connectivity index (χ0n) is 14.5. The first kappa shape index (κ1) is 21.1. The Kier molecular flexibility index (Phi) is 9.83. The van der Waals surface area contributed by atoms with Crippen molar-refractivity contribution in [2.75, 3.05) is 13.6 Å². The quantitative estimate of drug-likeness (QED) is 0.284. The van der Waals surface area contributed by atoms with Crippen molar-refractivity contribution in [2.45, 2.75) is 26.3 Å². The Morgan fingerprint density at radius 3 is 2.52 bits per heavy atom. The fourth-order valence-corrected chi connectivity index (χ4v) is 1.99. The Hall–Kier alpha value is -1.90. The second kappa shape index (κ2) is 11.6. The molecule has 0 atom stereocenters. The van der Waals surface area contributed by atoms with E-state index in [4.69, 9.17) is 4.74 Å². The molecule has 0 spiro atoms. The van der Waals surface area contributed by atoms with Gasteiger partial charge in [0, 0.05) is 32.4 Å². The Morgan fingerprint density at radius 2 is 1.92 bits per heavy atom. The predicted molar refractivity (Wildman–Crippen MR) is 109 cm³/mol. The number of ether oxygens (including phenoxy) is 1. The molecular weight excluding hydrogens is 434 g/mol. The van der Waals surface area contributed by atoms with Crippen molar-refractivity contribution in [3.8, 4) is 11.6 Å². The number of nitrogens with zero attached hydrogens (tertiary/aromatic N) is 2. The van der Waals surface area contributed by atoms with Crippen LogP contribution in [0.1, 0.15) is 25.3 Å². The van der Waals surface area contributed by atoms with Crippen molar-refractivity contribution < 1.29 is 9.13 Å². The number of aromatic nitrogens is 1. The first-order valence-electron chi connectivity index (χ1n) is 8.04. The van der Waals surface area contributed by atoms with Gasteiger partial charge < -0.3 is 15.4 Å². The van der Waals surface area contributed by atoms with Gasteiger partial charge in [-0.2, -0.15) is 0 Å². The van der Waals surface area contributed by atoms with Crippen LogP contribution in [0.3, 0.4) is 0 Å². The Balaban J connectivity index is 0.00000312. The summed E-state index contributed by atoms with van der Waals surface area (Å²) in [7, 11) is 1.75. The van der Waals surface area contributed by atoms with E-state index in [-0.39, 0.29) is 29.8 Å². The fraction of sp³-hybridized carbons (Fsp3) is 0.333. The number of rotatable bonds is 7. The lowest BCUT2D eigenvalue weighted by Crippen LogP contribution is -2.37. The van der Waals surface area contributed by atoms with Gasteiger partial charge in [-0.1, -0.05) is 19.4 Å². The van der Waals surface area contributed by atoms with Crippen molar-refractivity contribution in [2.24, 2.45) is 4.99 Å². The molecule has 0 amide bonds. The van der Waals surface area contributed by atoms with Gasteiger partial charge >= 0.3 is 0 Å². The van der Waals surface area contributed by atoms with Crippen LogP contribution in [-0.2, 0) is 6.54 Å². The maximum atomic E-state index is 12.9. The smallest absolute Gasteiger partial charge is 0.219 e. The van der Waals surface area contributed by atoms with Crippen LogP contribution in [0.25, 0.3) is 0 Å². The molecule has 1 aromatic heterocycles. The van der Waals surface area contributed by atoms with Gasteiger partial charge in [0.1, 0.15) is 11.6 Å². The van der Waals surface area contributed by atoms with E-state index in [1.807, 2.05) is 6.07 Å². The average molecular weight is 458 g/mol. The van der Waals surface area contributed by atoms with E-state index in [0.29, 0.717) is 18.2 Å². The molecule has 2 aromatic rings. The largest absolute Gasteiger partial charge is 0.439 e. The van der Waals surface area contributed by atoms with Crippen LogP contribution in [-0.4, -0.2) is 24.5 Å². The van der Waals surface area contributed by atoms with Crippen LogP contribution in [0.2, 0.25) is 0 Å². The van der Waals surface area contributed by atoms with E-state index in [0.717, 1.165) is 30.9 Å². The molecule has 1 aromatic carbocycles. The van der Waals surface area contributed by atoms with Gasteiger partial charge in [0.05, 0.1) is 0 Å². The lowest BCUT2D eigenvalue weighted by Gasteiger charge is -2.11. The Morgan fingerprint density at radius 1 is 1.16 bits per heavy atom. The standard InChI is InChI=1S/C18H23FN4O.HI/c1-3-4-11-21-18(20-2)23-13-14-5-10-17(22-12-14)24-16-8-6-15(19)7-9-16;/h5-10,12H,3-4,11,13H2,1-2H3,(H2,20,21,23);1H. The molecule has 0 aliphatic heterocycles. The van der Waals surface area contributed by atoms with Gasteiger partial charge in [0.25, 0.3) is 0 Å². The molecule has 1 heterocycles. The van der Waals surface area contributed by atoms with Crippen molar-refractivity contribution in [3.63, 3.8) is 0 Å². The molecule has 0 radical (unpaired) electrons. The summed E-state index contributed by atoms with van der Waals surface area (Å²) in [5.74, 6) is 1.50. The lowest BCUT2D eigenvalue weighted by atomic mass is 10.3. The fourth-order valence-electron chi connectivity index (χ4n) is 1.99. The first-order valence-corrected chi connectivity index (χ1v) is 8.04. The summed E-state index contributed by atoms with van der Waals surface area (Å²) in [5, 5.41) is 6.49. The number of nitrogens with one attached hydrogen (secondary N) is 2. The highest BCUT2D eigenvalue weighted by Gasteiger charge is 2.01. The summed E-state index contributed by atoms with van der Waals surface area (Å²) in [6, 6.07) is 9.55. The van der Waals surface area contributed by atoms with Crippen molar-refractivity contribution in [1.29, 1.82) is 0 Å².